The zero-order chi connectivity index (χ0) is 13.7. The summed E-state index contributed by atoms with van der Waals surface area (Å²) in [5.41, 5.74) is 2.87. The summed E-state index contributed by atoms with van der Waals surface area (Å²) >= 11 is 0. The summed E-state index contributed by atoms with van der Waals surface area (Å²) in [5.74, 6) is 0.372. The van der Waals surface area contributed by atoms with Crippen LogP contribution >= 0.6 is 0 Å². The minimum absolute atomic E-state index is 0.0177. The van der Waals surface area contributed by atoms with Gasteiger partial charge in [0.05, 0.1) is 6.54 Å². The van der Waals surface area contributed by atoms with Crippen LogP contribution in [0.4, 0.5) is 0 Å². The van der Waals surface area contributed by atoms with Gasteiger partial charge < -0.3 is 10.4 Å². The first kappa shape index (κ1) is 14.5. The average molecular weight is 250 g/mol. The van der Waals surface area contributed by atoms with E-state index in [1.807, 2.05) is 32.9 Å². The molecule has 0 bridgehead atoms. The number of carbonyl (C=O) groups excluding carboxylic acids is 1. The molecule has 0 heterocycles. The minimum atomic E-state index is 0.0177. The van der Waals surface area contributed by atoms with E-state index < -0.39 is 0 Å². The fourth-order valence-corrected chi connectivity index (χ4v) is 1.96. The Kier molecular flexibility index (Phi) is 5.16. The number of carbonyl (C=O) groups is 1. The van der Waals surface area contributed by atoms with Gasteiger partial charge in [0.25, 0.3) is 0 Å². The maximum absolute atomic E-state index is 11.4. The molecule has 1 amide bonds. The van der Waals surface area contributed by atoms with Crippen molar-refractivity contribution in [2.45, 2.75) is 27.3 Å². The Balaban J connectivity index is 2.79. The average Bonchev–Trinajstić information content (AvgIpc) is 2.34. The molecule has 18 heavy (non-hydrogen) atoms. The van der Waals surface area contributed by atoms with Gasteiger partial charge in [-0.15, -0.1) is 0 Å². The second-order valence-corrected chi connectivity index (χ2v) is 4.55. The number of rotatable bonds is 5. The van der Waals surface area contributed by atoms with E-state index >= 15 is 0 Å². The van der Waals surface area contributed by atoms with Gasteiger partial charge in [0.15, 0.2) is 0 Å². The Hall–Kier alpha value is -1.55. The minimum Gasteiger partial charge on any atom is -0.507 e. The van der Waals surface area contributed by atoms with Crippen LogP contribution in [0, 0.1) is 13.8 Å². The monoisotopic (exact) mass is 250 g/mol. The maximum Gasteiger partial charge on any atom is 0.233 e. The summed E-state index contributed by atoms with van der Waals surface area (Å²) in [5, 5.41) is 12.4. The van der Waals surface area contributed by atoms with Crippen LogP contribution in [0.3, 0.4) is 0 Å². The summed E-state index contributed by atoms with van der Waals surface area (Å²) in [7, 11) is 1.64. The summed E-state index contributed by atoms with van der Waals surface area (Å²) < 4.78 is 0. The Bertz CT molecular complexity index is 407. The molecule has 4 nitrogen and oxygen atoms in total. The van der Waals surface area contributed by atoms with Crippen LogP contribution in [-0.2, 0) is 11.3 Å². The predicted molar refractivity (Wildman–Crippen MR) is 72.6 cm³/mol. The standard InChI is InChI=1S/C14H22N2O2/c1-5-16(9-13(17)15-4)8-12-6-10(2)14(18)11(3)7-12/h6-7,18H,5,8-9H2,1-4H3,(H,15,17). The number of nitrogens with one attached hydrogen (secondary N) is 1. The van der Waals surface area contributed by atoms with Crippen molar-refractivity contribution < 1.29 is 9.90 Å². The number of phenols is 1. The Labute approximate surface area is 109 Å². The van der Waals surface area contributed by atoms with Gasteiger partial charge in [-0.3, -0.25) is 9.69 Å². The highest BCUT2D eigenvalue weighted by molar-refractivity contribution is 5.77. The lowest BCUT2D eigenvalue weighted by atomic mass is 10.1. The van der Waals surface area contributed by atoms with Crippen LogP contribution in [0.1, 0.15) is 23.6 Å². The zero-order valence-corrected chi connectivity index (χ0v) is 11.6. The van der Waals surface area contributed by atoms with Crippen molar-refractivity contribution in [3.05, 3.63) is 28.8 Å². The third-order valence-electron chi connectivity index (χ3n) is 3.05. The Morgan fingerprint density at radius 3 is 2.33 bits per heavy atom. The molecule has 0 atom stereocenters. The molecule has 1 aromatic carbocycles. The van der Waals surface area contributed by atoms with Gasteiger partial charge in [-0.25, -0.2) is 0 Å². The van der Waals surface area contributed by atoms with Gasteiger partial charge in [0, 0.05) is 13.6 Å². The fourth-order valence-electron chi connectivity index (χ4n) is 1.96. The lowest BCUT2D eigenvalue weighted by molar-refractivity contribution is -0.121. The summed E-state index contributed by atoms with van der Waals surface area (Å²) in [6, 6.07) is 3.93. The second kappa shape index (κ2) is 6.40. The number of amides is 1. The number of phenolic OH excluding ortho intramolecular Hbond substituents is 1. The van der Waals surface area contributed by atoms with Crippen LogP contribution in [0.2, 0.25) is 0 Å². The molecule has 2 N–H and O–H groups in total. The molecule has 0 aliphatic rings. The molecule has 0 aliphatic heterocycles. The largest absolute Gasteiger partial charge is 0.507 e. The lowest BCUT2D eigenvalue weighted by Gasteiger charge is -2.20. The first-order valence-electron chi connectivity index (χ1n) is 6.20. The van der Waals surface area contributed by atoms with Gasteiger partial charge in [-0.2, -0.15) is 0 Å². The lowest BCUT2D eigenvalue weighted by Crippen LogP contribution is -2.35. The molecule has 0 unspecified atom stereocenters. The first-order valence-corrected chi connectivity index (χ1v) is 6.20. The van der Waals surface area contributed by atoms with E-state index in [0.717, 1.165) is 23.2 Å². The highest BCUT2D eigenvalue weighted by Crippen LogP contribution is 2.23. The van der Waals surface area contributed by atoms with Crippen molar-refractivity contribution in [1.82, 2.24) is 10.2 Å². The van der Waals surface area contributed by atoms with Gasteiger partial charge in [0.1, 0.15) is 5.75 Å². The Morgan fingerprint density at radius 1 is 1.33 bits per heavy atom. The summed E-state index contributed by atoms with van der Waals surface area (Å²) in [6.45, 7) is 7.73. The first-order chi connectivity index (χ1) is 8.47. The zero-order valence-electron chi connectivity index (χ0n) is 11.6. The number of hydrogen-bond acceptors (Lipinski definition) is 3. The number of nitrogens with zero attached hydrogens (tertiary/aromatic N) is 1. The number of hydrogen-bond donors (Lipinski definition) is 2. The molecule has 4 heteroatoms. The molecule has 100 valence electrons. The second-order valence-electron chi connectivity index (χ2n) is 4.55. The normalized spacial score (nSPS) is 10.7. The molecule has 0 aliphatic carbocycles. The van der Waals surface area contributed by atoms with E-state index in [9.17, 15) is 9.90 Å². The van der Waals surface area contributed by atoms with Crippen molar-refractivity contribution in [2.24, 2.45) is 0 Å². The van der Waals surface area contributed by atoms with Crippen LogP contribution in [0.25, 0.3) is 0 Å². The SMILES string of the molecule is CCN(CC(=O)NC)Cc1cc(C)c(O)c(C)c1. The Morgan fingerprint density at radius 2 is 1.89 bits per heavy atom. The fraction of sp³-hybridized carbons (Fsp3) is 0.500. The van der Waals surface area contributed by atoms with Crippen LogP contribution < -0.4 is 5.32 Å². The van der Waals surface area contributed by atoms with E-state index in [0.29, 0.717) is 18.8 Å². The number of benzene rings is 1. The van der Waals surface area contributed by atoms with Crippen molar-refractivity contribution in [3.8, 4) is 5.75 Å². The maximum atomic E-state index is 11.4. The molecule has 0 saturated heterocycles. The molecular weight excluding hydrogens is 228 g/mol. The highest BCUT2D eigenvalue weighted by Gasteiger charge is 2.10. The quantitative estimate of drug-likeness (QED) is 0.834. The van der Waals surface area contributed by atoms with Crippen molar-refractivity contribution in [3.63, 3.8) is 0 Å². The van der Waals surface area contributed by atoms with E-state index in [-0.39, 0.29) is 5.91 Å². The summed E-state index contributed by atoms with van der Waals surface area (Å²) in [4.78, 5) is 13.4. The van der Waals surface area contributed by atoms with Crippen molar-refractivity contribution >= 4 is 5.91 Å². The topological polar surface area (TPSA) is 52.6 Å². The van der Waals surface area contributed by atoms with E-state index in [1.165, 1.54) is 0 Å². The third kappa shape index (κ3) is 3.74. The number of likely N-dealkylation sites (N-methyl/N-ethyl adjacent to an activating group) is 2. The van der Waals surface area contributed by atoms with E-state index in [2.05, 4.69) is 10.2 Å². The van der Waals surface area contributed by atoms with E-state index in [4.69, 9.17) is 0 Å². The van der Waals surface area contributed by atoms with Crippen molar-refractivity contribution in [2.75, 3.05) is 20.1 Å². The molecular formula is C14H22N2O2. The molecule has 1 rings (SSSR count). The number of aryl methyl sites for hydroxylation is 2. The smallest absolute Gasteiger partial charge is 0.233 e. The third-order valence-corrected chi connectivity index (χ3v) is 3.05. The van der Waals surface area contributed by atoms with Gasteiger partial charge >= 0.3 is 0 Å². The molecule has 0 fully saturated rings. The van der Waals surface area contributed by atoms with Gasteiger partial charge in [-0.1, -0.05) is 19.1 Å². The molecule has 1 aromatic rings. The summed E-state index contributed by atoms with van der Waals surface area (Å²) in [6.07, 6.45) is 0. The molecule has 0 spiro atoms. The molecule has 0 saturated carbocycles. The van der Waals surface area contributed by atoms with Crippen molar-refractivity contribution in [1.29, 1.82) is 0 Å². The molecule has 0 aromatic heterocycles. The highest BCUT2D eigenvalue weighted by atomic mass is 16.3. The van der Waals surface area contributed by atoms with Crippen LogP contribution in [0.5, 0.6) is 5.75 Å². The van der Waals surface area contributed by atoms with E-state index in [1.54, 1.807) is 7.05 Å². The predicted octanol–water partition coefficient (Wildman–Crippen LogP) is 1.58. The van der Waals surface area contributed by atoms with Crippen LogP contribution in [0.15, 0.2) is 12.1 Å². The van der Waals surface area contributed by atoms with Gasteiger partial charge in [-0.05, 0) is 37.1 Å². The van der Waals surface area contributed by atoms with Crippen LogP contribution in [-0.4, -0.2) is 36.1 Å². The van der Waals surface area contributed by atoms with Gasteiger partial charge in [0.2, 0.25) is 5.91 Å². The number of aromatic hydroxyl groups is 1. The molecule has 0 radical (unpaired) electrons.